The molecule has 92 valence electrons. The number of carboxylic acid groups (broad SMARTS) is 1. The van der Waals surface area contributed by atoms with Crippen molar-refractivity contribution in [2.75, 3.05) is 0 Å². The van der Waals surface area contributed by atoms with Crippen molar-refractivity contribution in [2.24, 2.45) is 5.92 Å². The van der Waals surface area contributed by atoms with Gasteiger partial charge in [0.2, 0.25) is 5.91 Å². The summed E-state index contributed by atoms with van der Waals surface area (Å²) in [6, 6.07) is 2.51. The Morgan fingerprint density at radius 2 is 2.18 bits per heavy atom. The second-order valence-electron chi connectivity index (χ2n) is 3.92. The van der Waals surface area contributed by atoms with Crippen LogP contribution in [-0.2, 0) is 9.59 Å². The van der Waals surface area contributed by atoms with E-state index in [-0.39, 0.29) is 5.92 Å². The number of hydrogen-bond donors (Lipinski definition) is 2. The lowest BCUT2D eigenvalue weighted by Crippen LogP contribution is -2.43. The van der Waals surface area contributed by atoms with Crippen molar-refractivity contribution >= 4 is 18.0 Å². The molecule has 0 unspecified atom stereocenters. The van der Waals surface area contributed by atoms with Crippen molar-refractivity contribution in [3.05, 3.63) is 30.2 Å². The molecule has 0 aromatic carbocycles. The van der Waals surface area contributed by atoms with Crippen LogP contribution >= 0.6 is 0 Å². The highest BCUT2D eigenvalue weighted by molar-refractivity contribution is 5.94. The topological polar surface area (TPSA) is 79.5 Å². The van der Waals surface area contributed by atoms with E-state index in [0.717, 1.165) is 0 Å². The molecule has 0 saturated heterocycles. The van der Waals surface area contributed by atoms with Crippen LogP contribution in [0.2, 0.25) is 0 Å². The number of carboxylic acids is 1. The highest BCUT2D eigenvalue weighted by Crippen LogP contribution is 2.04. The Hall–Kier alpha value is -2.04. The number of carbonyl (C=O) groups excluding carboxylic acids is 1. The molecule has 0 fully saturated rings. The van der Waals surface area contributed by atoms with E-state index in [1.54, 1.807) is 26.0 Å². The summed E-state index contributed by atoms with van der Waals surface area (Å²) in [5.74, 6) is -1.13. The van der Waals surface area contributed by atoms with E-state index in [4.69, 9.17) is 9.52 Å². The van der Waals surface area contributed by atoms with Crippen LogP contribution in [0.1, 0.15) is 19.6 Å². The number of carbonyl (C=O) groups is 2. The number of hydrogen-bond acceptors (Lipinski definition) is 3. The summed E-state index contributed by atoms with van der Waals surface area (Å²) >= 11 is 0. The number of nitrogens with one attached hydrogen (secondary N) is 1. The van der Waals surface area contributed by atoms with Crippen LogP contribution in [-0.4, -0.2) is 23.0 Å². The van der Waals surface area contributed by atoms with E-state index in [2.05, 4.69) is 5.32 Å². The molecule has 17 heavy (non-hydrogen) atoms. The zero-order valence-corrected chi connectivity index (χ0v) is 9.71. The van der Waals surface area contributed by atoms with E-state index in [1.165, 1.54) is 18.4 Å². The molecule has 1 aromatic rings. The molecule has 0 aliphatic carbocycles. The molecule has 2 N–H and O–H groups in total. The second kappa shape index (κ2) is 5.89. The van der Waals surface area contributed by atoms with Crippen LogP contribution in [0.4, 0.5) is 0 Å². The molecule has 0 aliphatic rings. The van der Waals surface area contributed by atoms with Gasteiger partial charge in [-0.3, -0.25) is 4.79 Å². The molecule has 0 saturated carbocycles. The minimum atomic E-state index is -1.04. The van der Waals surface area contributed by atoms with Crippen molar-refractivity contribution in [3.8, 4) is 0 Å². The van der Waals surface area contributed by atoms with Gasteiger partial charge < -0.3 is 14.8 Å². The third-order valence-corrected chi connectivity index (χ3v) is 2.17. The van der Waals surface area contributed by atoms with E-state index in [1.807, 2.05) is 0 Å². The zero-order valence-electron chi connectivity index (χ0n) is 9.71. The molecule has 0 spiro atoms. The summed E-state index contributed by atoms with van der Waals surface area (Å²) in [5.41, 5.74) is 0. The van der Waals surface area contributed by atoms with Crippen molar-refractivity contribution in [3.63, 3.8) is 0 Å². The Balaban J connectivity index is 2.56. The summed E-state index contributed by atoms with van der Waals surface area (Å²) < 4.78 is 5.00. The Labute approximate surface area is 99.1 Å². The van der Waals surface area contributed by atoms with E-state index in [0.29, 0.717) is 5.76 Å². The third kappa shape index (κ3) is 4.14. The van der Waals surface area contributed by atoms with Crippen LogP contribution in [0.5, 0.6) is 0 Å². The fourth-order valence-corrected chi connectivity index (χ4v) is 1.26. The maximum Gasteiger partial charge on any atom is 0.326 e. The van der Waals surface area contributed by atoms with Crippen LogP contribution in [0.25, 0.3) is 6.08 Å². The first-order valence-corrected chi connectivity index (χ1v) is 5.25. The minimum Gasteiger partial charge on any atom is -0.480 e. The van der Waals surface area contributed by atoms with Crippen LogP contribution in [0.15, 0.2) is 28.9 Å². The lowest BCUT2D eigenvalue weighted by Gasteiger charge is -2.16. The molecule has 0 radical (unpaired) electrons. The van der Waals surface area contributed by atoms with Gasteiger partial charge in [-0.05, 0) is 24.1 Å². The average molecular weight is 237 g/mol. The van der Waals surface area contributed by atoms with Crippen molar-refractivity contribution in [1.82, 2.24) is 5.32 Å². The standard InChI is InChI=1S/C12H15NO4/c1-8(2)11(12(15)16)13-10(14)6-5-9-4-3-7-17-9/h3-8,11H,1-2H3,(H,13,14)(H,15,16)/t11-/m1/s1. The second-order valence-corrected chi connectivity index (χ2v) is 3.92. The first-order chi connectivity index (χ1) is 8.00. The molecule has 1 amide bonds. The van der Waals surface area contributed by atoms with Gasteiger partial charge in [0.15, 0.2) is 0 Å². The number of amides is 1. The van der Waals surface area contributed by atoms with E-state index < -0.39 is 17.9 Å². The SMILES string of the molecule is CC(C)[C@@H](NC(=O)C=Cc1ccco1)C(=O)O. The number of aliphatic carboxylic acids is 1. The van der Waals surface area contributed by atoms with Crippen LogP contribution in [0, 0.1) is 5.92 Å². The maximum absolute atomic E-state index is 11.5. The summed E-state index contributed by atoms with van der Waals surface area (Å²) in [7, 11) is 0. The van der Waals surface area contributed by atoms with Crippen LogP contribution in [0.3, 0.4) is 0 Å². The third-order valence-electron chi connectivity index (χ3n) is 2.17. The Morgan fingerprint density at radius 1 is 1.47 bits per heavy atom. The highest BCUT2D eigenvalue weighted by atomic mass is 16.4. The molecular formula is C12H15NO4. The first-order valence-electron chi connectivity index (χ1n) is 5.25. The molecule has 0 bridgehead atoms. The lowest BCUT2D eigenvalue weighted by atomic mass is 10.0. The molecule has 1 rings (SSSR count). The molecular weight excluding hydrogens is 222 g/mol. The van der Waals surface area contributed by atoms with Gasteiger partial charge >= 0.3 is 5.97 Å². The van der Waals surface area contributed by atoms with Gasteiger partial charge in [-0.15, -0.1) is 0 Å². The quantitative estimate of drug-likeness (QED) is 0.761. The predicted octanol–water partition coefficient (Wildman–Crippen LogP) is 1.52. The first kappa shape index (κ1) is 13.0. The van der Waals surface area contributed by atoms with E-state index >= 15 is 0 Å². The van der Waals surface area contributed by atoms with Gasteiger partial charge in [-0.2, -0.15) is 0 Å². The summed E-state index contributed by atoms with van der Waals surface area (Å²) in [4.78, 5) is 22.3. The van der Waals surface area contributed by atoms with E-state index in [9.17, 15) is 9.59 Å². The Bertz CT molecular complexity index is 406. The highest BCUT2D eigenvalue weighted by Gasteiger charge is 2.22. The predicted molar refractivity (Wildman–Crippen MR) is 62.1 cm³/mol. The van der Waals surface area contributed by atoms with Gasteiger partial charge in [0.25, 0.3) is 0 Å². The summed E-state index contributed by atoms with van der Waals surface area (Å²) in [6.07, 6.45) is 4.22. The smallest absolute Gasteiger partial charge is 0.326 e. The van der Waals surface area contributed by atoms with Crippen molar-refractivity contribution in [1.29, 1.82) is 0 Å². The van der Waals surface area contributed by atoms with Gasteiger partial charge in [-0.1, -0.05) is 13.8 Å². The van der Waals surface area contributed by atoms with Gasteiger partial charge in [-0.25, -0.2) is 4.79 Å². The molecule has 5 nitrogen and oxygen atoms in total. The van der Waals surface area contributed by atoms with Crippen molar-refractivity contribution in [2.45, 2.75) is 19.9 Å². The molecule has 1 atom stereocenters. The zero-order chi connectivity index (χ0) is 12.8. The lowest BCUT2D eigenvalue weighted by molar-refractivity contribution is -0.142. The van der Waals surface area contributed by atoms with Crippen molar-refractivity contribution < 1.29 is 19.1 Å². The number of furan rings is 1. The fraction of sp³-hybridized carbons (Fsp3) is 0.333. The Kier molecular flexibility index (Phi) is 4.51. The Morgan fingerprint density at radius 3 is 2.65 bits per heavy atom. The average Bonchev–Trinajstić information content (AvgIpc) is 2.74. The van der Waals surface area contributed by atoms with Gasteiger partial charge in [0.05, 0.1) is 6.26 Å². The molecule has 1 heterocycles. The van der Waals surface area contributed by atoms with Gasteiger partial charge in [0, 0.05) is 6.08 Å². The summed E-state index contributed by atoms with van der Waals surface area (Å²) in [6.45, 7) is 3.46. The number of rotatable bonds is 5. The molecule has 5 heteroatoms. The maximum atomic E-state index is 11.5. The molecule has 0 aliphatic heterocycles. The normalized spacial score (nSPS) is 12.9. The minimum absolute atomic E-state index is 0.173. The fourth-order valence-electron chi connectivity index (χ4n) is 1.26. The van der Waals surface area contributed by atoms with Gasteiger partial charge in [0.1, 0.15) is 11.8 Å². The largest absolute Gasteiger partial charge is 0.480 e. The monoisotopic (exact) mass is 237 g/mol. The molecule has 1 aromatic heterocycles. The van der Waals surface area contributed by atoms with Crippen LogP contribution < -0.4 is 5.32 Å². The summed E-state index contributed by atoms with van der Waals surface area (Å²) in [5, 5.41) is 11.3.